The van der Waals surface area contributed by atoms with Crippen molar-refractivity contribution in [1.82, 2.24) is 0 Å². The Balaban J connectivity index is 0. The first-order chi connectivity index (χ1) is 17.3. The van der Waals surface area contributed by atoms with Gasteiger partial charge in [-0.2, -0.15) is 0 Å². The number of ether oxygens (including phenoxy) is 1. The zero-order chi connectivity index (χ0) is 26.7. The van der Waals surface area contributed by atoms with E-state index in [4.69, 9.17) is 4.74 Å². The Morgan fingerprint density at radius 1 is 0.595 bits per heavy atom. The number of rotatable bonds is 28. The number of hydrogen-bond donors (Lipinski definition) is 0. The first-order valence-corrected chi connectivity index (χ1v) is 17.0. The van der Waals surface area contributed by atoms with Crippen LogP contribution in [0.4, 0.5) is 0 Å². The SMILES string of the molecule is CCCCCCCCCCCCCCCCCCCCCCCCCCC(CS(=O)(=O)[O-])OC(C)=O.[K+]. The third-order valence-electron chi connectivity index (χ3n) is 7.10. The molecule has 0 rings (SSSR count). The summed E-state index contributed by atoms with van der Waals surface area (Å²) in [5, 5.41) is 0. The molecule has 0 aliphatic rings. The van der Waals surface area contributed by atoms with E-state index < -0.39 is 27.9 Å². The minimum Gasteiger partial charge on any atom is -0.748 e. The Morgan fingerprint density at radius 3 is 1.11 bits per heavy atom. The van der Waals surface area contributed by atoms with Gasteiger partial charge in [-0.05, 0) is 12.8 Å². The summed E-state index contributed by atoms with van der Waals surface area (Å²) in [6.07, 6.45) is 31.7. The van der Waals surface area contributed by atoms with Gasteiger partial charge in [0.2, 0.25) is 0 Å². The molecule has 0 radical (unpaired) electrons. The maximum absolute atomic E-state index is 11.1. The fourth-order valence-corrected chi connectivity index (χ4v) is 5.66. The second-order valence-electron chi connectivity index (χ2n) is 10.9. The molecular weight excluding hydrogens is 511 g/mol. The second-order valence-corrected chi connectivity index (χ2v) is 12.3. The summed E-state index contributed by atoms with van der Waals surface area (Å²) in [5.41, 5.74) is 0. The van der Waals surface area contributed by atoms with Crippen molar-refractivity contribution in [2.75, 3.05) is 5.75 Å². The van der Waals surface area contributed by atoms with Gasteiger partial charge in [0.15, 0.2) is 0 Å². The zero-order valence-electron chi connectivity index (χ0n) is 24.9. The van der Waals surface area contributed by atoms with Gasteiger partial charge in [-0.25, -0.2) is 8.42 Å². The van der Waals surface area contributed by atoms with Crippen molar-refractivity contribution in [3.63, 3.8) is 0 Å². The maximum Gasteiger partial charge on any atom is 1.00 e. The van der Waals surface area contributed by atoms with Gasteiger partial charge in [0.25, 0.3) is 0 Å². The Bertz CT molecular complexity index is 583. The molecule has 0 aromatic carbocycles. The summed E-state index contributed by atoms with van der Waals surface area (Å²) in [6.45, 7) is 3.52. The van der Waals surface area contributed by atoms with Gasteiger partial charge >= 0.3 is 57.4 Å². The Morgan fingerprint density at radius 2 is 0.865 bits per heavy atom. The normalized spacial score (nSPS) is 12.3. The van der Waals surface area contributed by atoms with Crippen molar-refractivity contribution >= 4 is 16.1 Å². The quantitative estimate of drug-likeness (QED) is 0.0481. The van der Waals surface area contributed by atoms with Crippen molar-refractivity contribution in [2.45, 2.75) is 180 Å². The fourth-order valence-electron chi connectivity index (χ4n) is 4.97. The molecule has 0 aliphatic carbocycles. The molecule has 1 atom stereocenters. The first kappa shape index (κ1) is 40.2. The van der Waals surface area contributed by atoms with Crippen LogP contribution in [0.15, 0.2) is 0 Å². The molecule has 0 fully saturated rings. The van der Waals surface area contributed by atoms with Crippen molar-refractivity contribution < 1.29 is 73.9 Å². The molecular formula is C30H59KO5S. The molecule has 216 valence electrons. The molecule has 0 saturated carbocycles. The zero-order valence-corrected chi connectivity index (χ0v) is 28.9. The first-order valence-electron chi connectivity index (χ1n) is 15.5. The summed E-state index contributed by atoms with van der Waals surface area (Å²) >= 11 is 0. The minimum absolute atomic E-state index is 0. The van der Waals surface area contributed by atoms with Gasteiger partial charge < -0.3 is 9.29 Å². The number of carbonyl (C=O) groups is 1. The van der Waals surface area contributed by atoms with E-state index in [9.17, 15) is 17.8 Å². The Hall–Kier alpha value is 1.02. The van der Waals surface area contributed by atoms with Gasteiger partial charge in [0.1, 0.15) is 6.10 Å². The summed E-state index contributed by atoms with van der Waals surface area (Å²) in [6, 6.07) is 0. The predicted octanol–water partition coefficient (Wildman–Crippen LogP) is 6.24. The van der Waals surface area contributed by atoms with E-state index in [1.54, 1.807) is 0 Å². The summed E-state index contributed by atoms with van der Waals surface area (Å²) in [7, 11) is -4.37. The van der Waals surface area contributed by atoms with Gasteiger partial charge in [-0.15, -0.1) is 0 Å². The molecule has 0 aromatic heterocycles. The summed E-state index contributed by atoms with van der Waals surface area (Å²) in [5.74, 6) is -1.15. The predicted molar refractivity (Wildman–Crippen MR) is 151 cm³/mol. The van der Waals surface area contributed by atoms with Crippen LogP contribution in [0.25, 0.3) is 0 Å². The summed E-state index contributed by atoms with van der Waals surface area (Å²) < 4.78 is 37.7. The van der Waals surface area contributed by atoms with Crippen molar-refractivity contribution in [3.8, 4) is 0 Å². The molecule has 7 heteroatoms. The third kappa shape index (κ3) is 35.0. The van der Waals surface area contributed by atoms with Crippen molar-refractivity contribution in [3.05, 3.63) is 0 Å². The number of carbonyl (C=O) groups excluding carboxylic acids is 1. The van der Waals surface area contributed by atoms with Crippen LogP contribution in [-0.2, 0) is 19.6 Å². The number of hydrogen-bond acceptors (Lipinski definition) is 5. The van der Waals surface area contributed by atoms with Crippen LogP contribution in [0.2, 0.25) is 0 Å². The molecule has 1 unspecified atom stereocenters. The topological polar surface area (TPSA) is 83.5 Å². The van der Waals surface area contributed by atoms with Crippen LogP contribution < -0.4 is 51.4 Å². The molecule has 0 N–H and O–H groups in total. The molecule has 0 heterocycles. The molecule has 5 nitrogen and oxygen atoms in total. The van der Waals surface area contributed by atoms with E-state index in [-0.39, 0.29) is 51.4 Å². The van der Waals surface area contributed by atoms with E-state index in [1.165, 1.54) is 142 Å². The molecule has 0 saturated heterocycles. The average Bonchev–Trinajstić information content (AvgIpc) is 2.80. The minimum atomic E-state index is -4.37. The number of unbranched alkanes of at least 4 members (excludes halogenated alkanes) is 23. The van der Waals surface area contributed by atoms with E-state index in [2.05, 4.69) is 6.92 Å². The van der Waals surface area contributed by atoms with Gasteiger partial charge in [0.05, 0.1) is 15.9 Å². The van der Waals surface area contributed by atoms with Gasteiger partial charge in [0, 0.05) is 6.92 Å². The Kier molecular flexibility index (Phi) is 32.5. The second kappa shape index (κ2) is 30.0. The smallest absolute Gasteiger partial charge is 0.748 e. The van der Waals surface area contributed by atoms with Crippen molar-refractivity contribution in [1.29, 1.82) is 0 Å². The van der Waals surface area contributed by atoms with E-state index in [0.29, 0.717) is 6.42 Å². The van der Waals surface area contributed by atoms with Crippen LogP contribution >= 0.6 is 0 Å². The van der Waals surface area contributed by atoms with Crippen LogP contribution in [0.5, 0.6) is 0 Å². The Labute approximate surface area is 273 Å². The molecule has 0 aliphatic heterocycles. The van der Waals surface area contributed by atoms with Crippen LogP contribution in [0.3, 0.4) is 0 Å². The van der Waals surface area contributed by atoms with Crippen molar-refractivity contribution in [2.24, 2.45) is 0 Å². The average molecular weight is 571 g/mol. The monoisotopic (exact) mass is 570 g/mol. The molecule has 37 heavy (non-hydrogen) atoms. The van der Waals surface area contributed by atoms with Crippen LogP contribution in [0.1, 0.15) is 174 Å². The van der Waals surface area contributed by atoms with Crippen LogP contribution in [-0.4, -0.2) is 30.8 Å². The third-order valence-corrected chi connectivity index (χ3v) is 7.88. The van der Waals surface area contributed by atoms with E-state index in [1.807, 2.05) is 0 Å². The van der Waals surface area contributed by atoms with E-state index in [0.717, 1.165) is 19.3 Å². The molecule has 0 spiro atoms. The molecule has 0 bridgehead atoms. The largest absolute Gasteiger partial charge is 1.00 e. The standard InChI is InChI=1S/C30H60O5S.K/c1-3-4-5-6-7-8-9-10-11-12-13-14-15-16-17-18-19-20-21-22-23-24-25-26-27-30(35-29(2)31)28-36(32,33)34;/h30H,3-28H2,1-2H3,(H,32,33,34);/q;+1/p-1. The van der Waals surface area contributed by atoms with E-state index >= 15 is 0 Å². The van der Waals surface area contributed by atoms with Gasteiger partial charge in [-0.3, -0.25) is 4.79 Å². The maximum atomic E-state index is 11.1. The molecule has 0 aromatic rings. The fraction of sp³-hybridized carbons (Fsp3) is 0.967. The summed E-state index contributed by atoms with van der Waals surface area (Å²) in [4.78, 5) is 11.1. The van der Waals surface area contributed by atoms with Gasteiger partial charge in [-0.1, -0.05) is 155 Å². The molecule has 0 amide bonds. The van der Waals surface area contributed by atoms with Crippen LogP contribution in [0, 0.1) is 0 Å². The number of esters is 1.